The maximum Gasteiger partial charge on any atom is 0.117 e. The Labute approximate surface area is 71.9 Å². The van der Waals surface area contributed by atoms with Crippen molar-refractivity contribution >= 4 is 0 Å². The lowest BCUT2D eigenvalue weighted by Crippen LogP contribution is -2.46. The third kappa shape index (κ3) is 2.69. The molecule has 0 aromatic carbocycles. The van der Waals surface area contributed by atoms with Gasteiger partial charge in [0.05, 0.1) is 12.7 Å². The molecule has 3 nitrogen and oxygen atoms in total. The predicted octanol–water partition coefficient (Wildman–Crippen LogP) is 0.0854. The molecule has 2 N–H and O–H groups in total. The quantitative estimate of drug-likeness (QED) is 0.639. The Bertz CT molecular complexity index is 137. The number of hydrogen-bond acceptors (Lipinski definition) is 3. The first-order chi connectivity index (χ1) is 5.66. The molecule has 1 rings (SSSR count). The lowest BCUT2D eigenvalue weighted by atomic mass is 10.0. The van der Waals surface area contributed by atoms with E-state index < -0.39 is 12.8 Å². The van der Waals surface area contributed by atoms with Gasteiger partial charge >= 0.3 is 0 Å². The van der Waals surface area contributed by atoms with Gasteiger partial charge in [0.1, 0.15) is 6.67 Å². The average molecular weight is 177 g/mol. The third-order valence-corrected chi connectivity index (χ3v) is 2.16. The number of β-amino-alcohol motifs (C(OH)–C–C–N with tert-alkyl or cyclic N) is 1. The fourth-order valence-corrected chi connectivity index (χ4v) is 1.23. The maximum atomic E-state index is 11.9. The van der Waals surface area contributed by atoms with Crippen LogP contribution in [0.4, 0.5) is 4.39 Å². The molecule has 4 heteroatoms. The summed E-state index contributed by atoms with van der Waals surface area (Å²) >= 11 is 0. The number of aliphatic hydroxyl groups is 1. The van der Waals surface area contributed by atoms with Crippen molar-refractivity contribution in [2.45, 2.75) is 25.0 Å². The Morgan fingerprint density at radius 3 is 3.00 bits per heavy atom. The SMILES string of the molecule is CC1(NCC(O)CF)CCOC1. The summed E-state index contributed by atoms with van der Waals surface area (Å²) < 4.78 is 17.1. The molecule has 0 aromatic rings. The van der Waals surface area contributed by atoms with Crippen LogP contribution in [0.1, 0.15) is 13.3 Å². The predicted molar refractivity (Wildman–Crippen MR) is 43.8 cm³/mol. The van der Waals surface area contributed by atoms with Gasteiger partial charge in [-0.3, -0.25) is 0 Å². The summed E-state index contributed by atoms with van der Waals surface area (Å²) in [6, 6.07) is 0. The van der Waals surface area contributed by atoms with Crippen molar-refractivity contribution in [2.75, 3.05) is 26.4 Å². The van der Waals surface area contributed by atoms with Gasteiger partial charge in [-0.15, -0.1) is 0 Å². The Morgan fingerprint density at radius 2 is 2.50 bits per heavy atom. The molecule has 0 saturated carbocycles. The van der Waals surface area contributed by atoms with Crippen LogP contribution in [-0.2, 0) is 4.74 Å². The Morgan fingerprint density at radius 1 is 1.75 bits per heavy atom. The fraction of sp³-hybridized carbons (Fsp3) is 1.00. The molecule has 0 amide bonds. The number of aliphatic hydroxyl groups excluding tert-OH is 1. The lowest BCUT2D eigenvalue weighted by Gasteiger charge is -2.24. The molecule has 0 aromatic heterocycles. The van der Waals surface area contributed by atoms with Crippen LogP contribution in [0, 0.1) is 0 Å². The van der Waals surface area contributed by atoms with E-state index >= 15 is 0 Å². The first-order valence-electron chi connectivity index (χ1n) is 4.23. The van der Waals surface area contributed by atoms with E-state index in [1.165, 1.54) is 0 Å². The highest BCUT2D eigenvalue weighted by Crippen LogP contribution is 2.16. The van der Waals surface area contributed by atoms with E-state index in [9.17, 15) is 4.39 Å². The molecule has 0 radical (unpaired) electrons. The highest BCUT2D eigenvalue weighted by Gasteiger charge is 2.29. The molecule has 12 heavy (non-hydrogen) atoms. The van der Waals surface area contributed by atoms with Gasteiger partial charge in [-0.05, 0) is 13.3 Å². The summed E-state index contributed by atoms with van der Waals surface area (Å²) in [4.78, 5) is 0. The largest absolute Gasteiger partial charge is 0.389 e. The van der Waals surface area contributed by atoms with E-state index in [1.54, 1.807) is 0 Å². The molecular formula is C8H16FNO2. The van der Waals surface area contributed by atoms with Crippen LogP contribution in [0.3, 0.4) is 0 Å². The van der Waals surface area contributed by atoms with Gasteiger partial charge in [-0.2, -0.15) is 0 Å². The molecule has 2 unspecified atom stereocenters. The van der Waals surface area contributed by atoms with Crippen LogP contribution >= 0.6 is 0 Å². The summed E-state index contributed by atoms with van der Waals surface area (Å²) in [5.41, 5.74) is -0.0733. The number of rotatable bonds is 4. The van der Waals surface area contributed by atoms with Crippen LogP contribution < -0.4 is 5.32 Å². The van der Waals surface area contributed by atoms with Gasteiger partial charge in [-0.1, -0.05) is 0 Å². The van der Waals surface area contributed by atoms with Gasteiger partial charge in [-0.25, -0.2) is 4.39 Å². The van der Waals surface area contributed by atoms with E-state index in [-0.39, 0.29) is 5.54 Å². The monoisotopic (exact) mass is 177 g/mol. The minimum absolute atomic E-state index is 0.0733. The lowest BCUT2D eigenvalue weighted by molar-refractivity contribution is 0.119. The number of halogens is 1. The van der Waals surface area contributed by atoms with Crippen molar-refractivity contribution in [3.05, 3.63) is 0 Å². The van der Waals surface area contributed by atoms with E-state index in [0.29, 0.717) is 13.2 Å². The van der Waals surface area contributed by atoms with Crippen LogP contribution in [0.2, 0.25) is 0 Å². The molecule has 2 atom stereocenters. The Balaban J connectivity index is 2.21. The third-order valence-electron chi connectivity index (χ3n) is 2.16. The molecule has 0 spiro atoms. The highest BCUT2D eigenvalue weighted by atomic mass is 19.1. The summed E-state index contributed by atoms with van der Waals surface area (Å²) in [6.07, 6.45) is 0.0360. The maximum absolute atomic E-state index is 11.9. The smallest absolute Gasteiger partial charge is 0.117 e. The van der Waals surface area contributed by atoms with Crippen LogP contribution in [0.25, 0.3) is 0 Å². The number of nitrogens with one attached hydrogen (secondary N) is 1. The van der Waals surface area contributed by atoms with E-state index in [2.05, 4.69) is 5.32 Å². The van der Waals surface area contributed by atoms with Gasteiger partial charge in [0, 0.05) is 18.7 Å². The zero-order chi connectivity index (χ0) is 9.03. The van der Waals surface area contributed by atoms with Crippen molar-refractivity contribution in [1.82, 2.24) is 5.32 Å². The van der Waals surface area contributed by atoms with Crippen molar-refractivity contribution in [2.24, 2.45) is 0 Å². The molecule has 1 aliphatic rings. The van der Waals surface area contributed by atoms with E-state index in [4.69, 9.17) is 9.84 Å². The van der Waals surface area contributed by atoms with Gasteiger partial charge < -0.3 is 15.2 Å². The molecule has 1 fully saturated rings. The minimum Gasteiger partial charge on any atom is -0.389 e. The molecule has 1 saturated heterocycles. The van der Waals surface area contributed by atoms with Crippen molar-refractivity contribution < 1.29 is 14.2 Å². The van der Waals surface area contributed by atoms with Crippen molar-refractivity contribution in [3.8, 4) is 0 Å². The molecule has 0 bridgehead atoms. The number of alkyl halides is 1. The number of hydrogen-bond donors (Lipinski definition) is 2. The zero-order valence-corrected chi connectivity index (χ0v) is 7.35. The highest BCUT2D eigenvalue weighted by molar-refractivity contribution is 4.87. The zero-order valence-electron chi connectivity index (χ0n) is 7.35. The molecule has 1 heterocycles. The molecule has 72 valence electrons. The van der Waals surface area contributed by atoms with Crippen LogP contribution in [0.5, 0.6) is 0 Å². The number of ether oxygens (including phenoxy) is 1. The molecule has 1 aliphatic heterocycles. The van der Waals surface area contributed by atoms with Crippen LogP contribution in [-0.4, -0.2) is 43.2 Å². The minimum atomic E-state index is -0.887. The topological polar surface area (TPSA) is 41.5 Å². The Kier molecular flexibility index (Phi) is 3.43. The van der Waals surface area contributed by atoms with Crippen molar-refractivity contribution in [3.63, 3.8) is 0 Å². The molecule has 0 aliphatic carbocycles. The summed E-state index contributed by atoms with van der Waals surface area (Å²) in [5, 5.41) is 12.0. The summed E-state index contributed by atoms with van der Waals surface area (Å²) in [7, 11) is 0. The normalized spacial score (nSPS) is 32.2. The average Bonchev–Trinajstić information content (AvgIpc) is 2.49. The second-order valence-corrected chi connectivity index (χ2v) is 3.55. The second-order valence-electron chi connectivity index (χ2n) is 3.55. The van der Waals surface area contributed by atoms with Gasteiger partial charge in [0.15, 0.2) is 0 Å². The first kappa shape index (κ1) is 9.89. The van der Waals surface area contributed by atoms with E-state index in [1.807, 2.05) is 6.92 Å². The standard InChI is InChI=1S/C8H16FNO2/c1-8(2-3-12-6-8)10-5-7(11)4-9/h7,10-11H,2-6H2,1H3. The Hall–Kier alpha value is -0.190. The first-order valence-corrected chi connectivity index (χ1v) is 4.23. The summed E-state index contributed by atoms with van der Waals surface area (Å²) in [5.74, 6) is 0. The van der Waals surface area contributed by atoms with Crippen LogP contribution in [0.15, 0.2) is 0 Å². The van der Waals surface area contributed by atoms with E-state index in [0.717, 1.165) is 13.0 Å². The van der Waals surface area contributed by atoms with Gasteiger partial charge in [0.2, 0.25) is 0 Å². The second kappa shape index (κ2) is 4.16. The fourth-order valence-electron chi connectivity index (χ4n) is 1.23. The molecular weight excluding hydrogens is 161 g/mol. The van der Waals surface area contributed by atoms with Gasteiger partial charge in [0.25, 0.3) is 0 Å². The van der Waals surface area contributed by atoms with Crippen molar-refractivity contribution in [1.29, 1.82) is 0 Å². The summed E-state index contributed by atoms with van der Waals surface area (Å²) in [6.45, 7) is 3.02.